The highest BCUT2D eigenvalue weighted by molar-refractivity contribution is 6.33. The second-order valence-corrected chi connectivity index (χ2v) is 8.23. The van der Waals surface area contributed by atoms with Crippen LogP contribution in [0.15, 0.2) is 36.5 Å². The van der Waals surface area contributed by atoms with Crippen molar-refractivity contribution in [3.63, 3.8) is 0 Å². The van der Waals surface area contributed by atoms with Gasteiger partial charge in [-0.25, -0.2) is 15.0 Å². The molecule has 39 heavy (non-hydrogen) atoms. The summed E-state index contributed by atoms with van der Waals surface area (Å²) in [7, 11) is 0. The highest BCUT2D eigenvalue weighted by atomic mass is 35.5. The quantitative estimate of drug-likeness (QED) is 0.227. The van der Waals surface area contributed by atoms with E-state index in [1.807, 2.05) is 0 Å². The first kappa shape index (κ1) is 28.4. The summed E-state index contributed by atoms with van der Waals surface area (Å²) in [6.07, 6.45) is -20.0. The van der Waals surface area contributed by atoms with Crippen LogP contribution in [0.1, 0.15) is 17.0 Å². The largest absolute Gasteiger partial charge is 0.435 e. The van der Waals surface area contributed by atoms with Crippen molar-refractivity contribution in [3.8, 4) is 22.8 Å². The van der Waals surface area contributed by atoms with Gasteiger partial charge in [-0.15, -0.1) is 0 Å². The van der Waals surface area contributed by atoms with Gasteiger partial charge in [0.25, 0.3) is 0 Å². The average molecular weight is 594 g/mol. The number of rotatable bonds is 3. The predicted molar refractivity (Wildman–Crippen MR) is 110 cm³/mol. The van der Waals surface area contributed by atoms with Crippen molar-refractivity contribution >= 4 is 22.8 Å². The molecule has 0 aliphatic carbocycles. The molecule has 0 amide bonds. The number of imidazole rings is 1. The van der Waals surface area contributed by atoms with Crippen molar-refractivity contribution in [2.24, 2.45) is 0 Å². The maximum absolute atomic E-state index is 13.9. The molecule has 0 radical (unpaired) electrons. The van der Waals surface area contributed by atoms with Gasteiger partial charge in [0.1, 0.15) is 23.6 Å². The lowest BCUT2D eigenvalue weighted by molar-refractivity contribution is -0.141. The first-order chi connectivity index (χ1) is 17.8. The molecule has 18 heteroatoms. The number of nitrogens with zero attached hydrogens (tertiary/aromatic N) is 5. The second-order valence-electron chi connectivity index (χ2n) is 7.82. The van der Waals surface area contributed by atoms with E-state index in [0.29, 0.717) is 36.5 Å². The van der Waals surface area contributed by atoms with Gasteiger partial charge in [-0.05, 0) is 30.3 Å². The molecule has 0 bridgehead atoms. The van der Waals surface area contributed by atoms with Gasteiger partial charge in [0.15, 0.2) is 17.2 Å². The summed E-state index contributed by atoms with van der Waals surface area (Å²) in [6, 6.07) is 2.51. The van der Waals surface area contributed by atoms with Crippen LogP contribution >= 0.6 is 11.6 Å². The molecule has 0 atom stereocenters. The molecule has 0 unspecified atom stereocenters. The number of hydrogen-bond donors (Lipinski definition) is 0. The molecule has 0 aliphatic heterocycles. The third kappa shape index (κ3) is 5.86. The van der Waals surface area contributed by atoms with Crippen LogP contribution in [0.2, 0.25) is 5.02 Å². The normalized spacial score (nSPS) is 13.4. The zero-order chi connectivity index (χ0) is 29.1. The van der Waals surface area contributed by atoms with Gasteiger partial charge in [0, 0.05) is 17.3 Å². The summed E-state index contributed by atoms with van der Waals surface area (Å²) in [5.41, 5.74) is -8.41. The molecule has 0 saturated carbocycles. The van der Waals surface area contributed by atoms with Crippen molar-refractivity contribution in [1.29, 1.82) is 0 Å². The molecule has 1 aromatic carbocycles. The van der Waals surface area contributed by atoms with Gasteiger partial charge in [0.2, 0.25) is 0 Å². The Morgan fingerprint density at radius 3 is 1.92 bits per heavy atom. The average Bonchev–Trinajstić information content (AvgIpc) is 3.13. The third-order valence-corrected chi connectivity index (χ3v) is 5.38. The van der Waals surface area contributed by atoms with Gasteiger partial charge < -0.3 is 0 Å². The van der Waals surface area contributed by atoms with Crippen LogP contribution in [0, 0.1) is 0 Å². The lowest BCUT2D eigenvalue weighted by Gasteiger charge is -2.14. The fraction of sp³-hybridized carbons (Fsp3) is 0.238. The van der Waals surface area contributed by atoms with E-state index < -0.39 is 87.2 Å². The van der Waals surface area contributed by atoms with Crippen molar-refractivity contribution in [3.05, 3.63) is 58.5 Å². The van der Waals surface area contributed by atoms with Crippen LogP contribution in [0.25, 0.3) is 33.9 Å². The van der Waals surface area contributed by atoms with Crippen molar-refractivity contribution < 1.29 is 52.7 Å². The van der Waals surface area contributed by atoms with Crippen LogP contribution < -0.4 is 0 Å². The van der Waals surface area contributed by atoms with E-state index in [0.717, 1.165) is 0 Å². The van der Waals surface area contributed by atoms with E-state index in [2.05, 4.69) is 19.9 Å². The summed E-state index contributed by atoms with van der Waals surface area (Å²) >= 11 is 5.90. The zero-order valence-electron chi connectivity index (χ0n) is 18.3. The molecule has 4 rings (SSSR count). The van der Waals surface area contributed by atoms with E-state index in [1.165, 1.54) is 0 Å². The molecule has 0 saturated heterocycles. The Bertz CT molecular complexity index is 1530. The molecule has 5 nitrogen and oxygen atoms in total. The van der Waals surface area contributed by atoms with E-state index in [4.69, 9.17) is 11.6 Å². The van der Waals surface area contributed by atoms with Crippen LogP contribution in [0.3, 0.4) is 0 Å². The number of hydrogen-bond acceptors (Lipinski definition) is 4. The molecule has 0 N–H and O–H groups in total. The number of alkyl halides is 12. The number of aromatic nitrogens is 5. The fourth-order valence-corrected chi connectivity index (χ4v) is 3.63. The molecule has 208 valence electrons. The third-order valence-electron chi connectivity index (χ3n) is 5.05. The molecular weight excluding hydrogens is 586 g/mol. The Hall–Kier alpha value is -3.63. The van der Waals surface area contributed by atoms with Gasteiger partial charge in [-0.1, -0.05) is 11.6 Å². The van der Waals surface area contributed by atoms with Gasteiger partial charge in [-0.3, -0.25) is 9.55 Å². The van der Waals surface area contributed by atoms with Gasteiger partial charge in [-0.2, -0.15) is 52.7 Å². The molecule has 0 fully saturated rings. The second kappa shape index (κ2) is 9.24. The Balaban J connectivity index is 2.06. The van der Waals surface area contributed by atoms with E-state index in [1.54, 1.807) is 0 Å². The minimum absolute atomic E-state index is 0.0641. The lowest BCUT2D eigenvalue weighted by atomic mass is 10.1. The SMILES string of the molecule is FC(F)(F)Cn1c(-c2cc(C(F)(F)F)ccc2Cl)nc2c(C(F)(F)F)nc(-c3ccc(C(F)(F)F)nc3)nc21. The van der Waals surface area contributed by atoms with Crippen molar-refractivity contribution in [1.82, 2.24) is 24.5 Å². The maximum atomic E-state index is 13.9. The zero-order valence-corrected chi connectivity index (χ0v) is 19.1. The van der Waals surface area contributed by atoms with Crippen LogP contribution in [-0.4, -0.2) is 30.7 Å². The van der Waals surface area contributed by atoms with Crippen LogP contribution in [-0.2, 0) is 25.1 Å². The maximum Gasteiger partial charge on any atom is 0.435 e. The molecule has 3 aromatic heterocycles. The first-order valence-electron chi connectivity index (χ1n) is 10.1. The fourth-order valence-electron chi connectivity index (χ4n) is 3.43. The molecule has 0 spiro atoms. The van der Waals surface area contributed by atoms with Crippen LogP contribution in [0.5, 0.6) is 0 Å². The smallest absolute Gasteiger partial charge is 0.299 e. The van der Waals surface area contributed by atoms with E-state index >= 15 is 0 Å². The lowest BCUT2D eigenvalue weighted by Crippen LogP contribution is -2.19. The number of fused-ring (bicyclic) bond motifs is 1. The Morgan fingerprint density at radius 2 is 1.41 bits per heavy atom. The first-order valence-corrected chi connectivity index (χ1v) is 10.5. The standard InChI is InChI=1S/C21H8ClF12N5/c22-11-3-2-9(19(26,27)28)5-10(11)16-36-13-14(21(32,33)34)37-15(38-17(13)39(16)7-18(23,24)25)8-1-4-12(35-6-8)20(29,30)31/h1-6H,7H2. The summed E-state index contributed by atoms with van der Waals surface area (Å²) in [5, 5.41) is -0.574. The van der Waals surface area contributed by atoms with E-state index in [9.17, 15) is 52.7 Å². The molecule has 4 aromatic rings. The highest BCUT2D eigenvalue weighted by Crippen LogP contribution is 2.40. The molecule has 3 heterocycles. The topological polar surface area (TPSA) is 56.5 Å². The monoisotopic (exact) mass is 593 g/mol. The Morgan fingerprint density at radius 1 is 0.744 bits per heavy atom. The van der Waals surface area contributed by atoms with Gasteiger partial charge >= 0.3 is 24.7 Å². The van der Waals surface area contributed by atoms with Crippen molar-refractivity contribution in [2.45, 2.75) is 31.2 Å². The number of halogens is 13. The van der Waals surface area contributed by atoms with Gasteiger partial charge in [0.05, 0.1) is 10.6 Å². The summed E-state index contributed by atoms with van der Waals surface area (Å²) < 4.78 is 160. The Kier molecular flexibility index (Phi) is 6.72. The number of pyridine rings is 1. The highest BCUT2D eigenvalue weighted by Gasteiger charge is 2.40. The molecular formula is C21H8ClF12N5. The molecule has 0 aliphatic rings. The van der Waals surface area contributed by atoms with E-state index in [-0.39, 0.29) is 4.57 Å². The Labute approximate surface area is 213 Å². The predicted octanol–water partition coefficient (Wildman–Crippen LogP) is 7.83. The minimum atomic E-state index is -5.39. The van der Waals surface area contributed by atoms with Crippen molar-refractivity contribution in [2.75, 3.05) is 0 Å². The summed E-state index contributed by atoms with van der Waals surface area (Å²) in [6.45, 7) is -2.07. The summed E-state index contributed by atoms with van der Waals surface area (Å²) in [4.78, 5) is 13.4. The summed E-state index contributed by atoms with van der Waals surface area (Å²) in [5.74, 6) is -2.01. The van der Waals surface area contributed by atoms with Crippen LogP contribution in [0.4, 0.5) is 52.7 Å². The number of benzene rings is 1. The minimum Gasteiger partial charge on any atom is -0.299 e.